The normalized spacial score (nSPS) is 49.0. The molecule has 4 fully saturated rings. The Morgan fingerprint density at radius 2 is 2.04 bits per heavy atom. The van der Waals surface area contributed by atoms with Crippen molar-refractivity contribution in [3.63, 3.8) is 0 Å². The van der Waals surface area contributed by atoms with Crippen molar-refractivity contribution in [3.05, 3.63) is 23.8 Å². The van der Waals surface area contributed by atoms with Crippen LogP contribution in [0.1, 0.15) is 71.1 Å². The molecule has 0 aromatic heterocycles. The summed E-state index contributed by atoms with van der Waals surface area (Å²) in [4.78, 5) is 12.0. The van der Waals surface area contributed by atoms with Crippen LogP contribution < -0.4 is 0 Å². The van der Waals surface area contributed by atoms with Gasteiger partial charge in [0.2, 0.25) is 0 Å². The fourth-order valence-electron chi connectivity index (χ4n) is 8.65. The number of oxime groups is 1. The van der Waals surface area contributed by atoms with Gasteiger partial charge >= 0.3 is 5.97 Å². The van der Waals surface area contributed by atoms with Gasteiger partial charge in [0.25, 0.3) is 0 Å². The summed E-state index contributed by atoms with van der Waals surface area (Å²) in [5.74, 6) is 2.75. The molecule has 4 saturated carbocycles. The highest BCUT2D eigenvalue weighted by Gasteiger charge is 2.68. The Kier molecular flexibility index (Phi) is 3.41. The number of nitrogens with zero attached hydrogens (tertiary/aromatic N) is 1. The smallest absolute Gasteiger partial charge is 0.331 e. The molecule has 5 aliphatic carbocycles. The van der Waals surface area contributed by atoms with E-state index in [1.54, 1.807) is 11.6 Å². The Labute approximate surface area is 167 Å². The van der Waals surface area contributed by atoms with Gasteiger partial charge < -0.3 is 9.94 Å². The van der Waals surface area contributed by atoms with Crippen molar-refractivity contribution in [1.29, 1.82) is 0 Å². The molecule has 1 aliphatic heterocycles. The summed E-state index contributed by atoms with van der Waals surface area (Å²) in [7, 11) is 0. The fourth-order valence-corrected chi connectivity index (χ4v) is 8.65. The number of carbonyl (C=O) groups is 1. The first-order valence-corrected chi connectivity index (χ1v) is 11.4. The van der Waals surface area contributed by atoms with Crippen molar-refractivity contribution < 1.29 is 14.7 Å². The minimum Gasteiger partial charge on any atom is -0.451 e. The summed E-state index contributed by atoms with van der Waals surface area (Å²) in [6, 6.07) is 0. The number of hydrogen-bond donors (Lipinski definition) is 1. The molecule has 150 valence electrons. The van der Waals surface area contributed by atoms with Gasteiger partial charge in [-0.25, -0.2) is 4.79 Å². The molecule has 0 aromatic rings. The summed E-state index contributed by atoms with van der Waals surface area (Å²) in [5, 5.41) is 12.9. The number of hydrogen-bond acceptors (Lipinski definition) is 4. The topological polar surface area (TPSA) is 58.9 Å². The van der Waals surface area contributed by atoms with Crippen LogP contribution >= 0.6 is 0 Å². The zero-order chi connectivity index (χ0) is 19.1. The van der Waals surface area contributed by atoms with Crippen LogP contribution in [0.4, 0.5) is 0 Å². The molecule has 1 N–H and O–H groups in total. The van der Waals surface area contributed by atoms with Crippen LogP contribution in [0, 0.1) is 34.5 Å². The van der Waals surface area contributed by atoms with E-state index in [1.807, 2.05) is 0 Å². The Balaban J connectivity index is 1.39. The first kappa shape index (κ1) is 17.3. The quantitative estimate of drug-likeness (QED) is 0.394. The van der Waals surface area contributed by atoms with Crippen molar-refractivity contribution in [2.75, 3.05) is 0 Å². The first-order valence-electron chi connectivity index (χ1n) is 11.4. The van der Waals surface area contributed by atoms with Crippen LogP contribution in [0.25, 0.3) is 0 Å². The van der Waals surface area contributed by atoms with Gasteiger partial charge in [0.05, 0.1) is 5.71 Å². The lowest BCUT2D eigenvalue weighted by molar-refractivity contribution is -0.165. The monoisotopic (exact) mass is 381 g/mol. The number of ether oxygens (including phenoxy) is 1. The lowest BCUT2D eigenvalue weighted by Crippen LogP contribution is -2.54. The average Bonchev–Trinajstić information content (AvgIpc) is 3.27. The van der Waals surface area contributed by atoms with Crippen LogP contribution in [-0.4, -0.2) is 22.5 Å². The summed E-state index contributed by atoms with van der Waals surface area (Å²) < 4.78 is 6.05. The molecule has 28 heavy (non-hydrogen) atoms. The lowest BCUT2D eigenvalue weighted by atomic mass is 9.47. The largest absolute Gasteiger partial charge is 0.451 e. The van der Waals surface area contributed by atoms with Crippen molar-refractivity contribution in [3.8, 4) is 0 Å². The molecule has 6 atom stereocenters. The highest BCUT2D eigenvalue weighted by molar-refractivity contribution is 5.96. The third-order valence-electron chi connectivity index (χ3n) is 9.94. The molecule has 0 saturated heterocycles. The molecule has 2 spiro atoms. The Bertz CT molecular complexity index is 822. The second-order valence-electron chi connectivity index (χ2n) is 10.5. The number of carbonyl (C=O) groups excluding carboxylic acids is 1. The van der Waals surface area contributed by atoms with Gasteiger partial charge in [0.15, 0.2) is 0 Å². The zero-order valence-electron chi connectivity index (χ0n) is 16.8. The zero-order valence-corrected chi connectivity index (χ0v) is 16.8. The maximum Gasteiger partial charge on any atom is 0.331 e. The second kappa shape index (κ2) is 5.52. The van der Waals surface area contributed by atoms with Crippen molar-refractivity contribution in [2.24, 2.45) is 39.7 Å². The van der Waals surface area contributed by atoms with E-state index in [2.05, 4.69) is 24.2 Å². The van der Waals surface area contributed by atoms with E-state index in [4.69, 9.17) is 4.74 Å². The predicted molar refractivity (Wildman–Crippen MR) is 106 cm³/mol. The number of allylic oxidation sites excluding steroid dienone is 2. The Morgan fingerprint density at radius 1 is 1.18 bits per heavy atom. The minimum atomic E-state index is -0.329. The van der Waals surface area contributed by atoms with Gasteiger partial charge in [-0.2, -0.15) is 0 Å². The standard InChI is InChI=1S/C24H31NO3/c1-2-23-8-5-16-17-4-3-15(25-27)13-20(17)22(11-12-22)14-18(16)19(23)6-9-24(23)10-7-21(26)28-24/h7,10,13,16-19,27H,2-6,8-9,11-12,14H2,1H3/t16?,17-,18?,19?,23+,24-/m1/s1. The van der Waals surface area contributed by atoms with Gasteiger partial charge in [-0.1, -0.05) is 17.7 Å². The molecule has 6 rings (SSSR count). The summed E-state index contributed by atoms with van der Waals surface area (Å²) >= 11 is 0. The van der Waals surface area contributed by atoms with Gasteiger partial charge in [0, 0.05) is 11.5 Å². The van der Waals surface area contributed by atoms with Crippen LogP contribution in [0.2, 0.25) is 0 Å². The summed E-state index contributed by atoms with van der Waals surface area (Å²) in [6.45, 7) is 2.33. The average molecular weight is 382 g/mol. The fraction of sp³-hybridized carbons (Fsp3) is 0.750. The molecule has 0 radical (unpaired) electrons. The minimum absolute atomic E-state index is 0.133. The van der Waals surface area contributed by atoms with E-state index in [-0.39, 0.29) is 17.0 Å². The van der Waals surface area contributed by atoms with Crippen LogP contribution in [0.5, 0.6) is 0 Å². The SMILES string of the molecule is CC[C@]12CCC3C(CC4(CC4)C4=CC(=NO)CC[C@@H]43)C1CC[C@@]21C=CC(=O)O1. The van der Waals surface area contributed by atoms with E-state index in [9.17, 15) is 10.0 Å². The summed E-state index contributed by atoms with van der Waals surface area (Å²) in [6.07, 6.45) is 17.8. The number of rotatable bonds is 1. The van der Waals surface area contributed by atoms with Crippen LogP contribution in [0.3, 0.4) is 0 Å². The van der Waals surface area contributed by atoms with Crippen molar-refractivity contribution >= 4 is 11.7 Å². The molecule has 4 heteroatoms. The second-order valence-corrected chi connectivity index (χ2v) is 10.5. The third kappa shape index (κ3) is 1.97. The molecule has 6 aliphatic rings. The Hall–Kier alpha value is -1.58. The molecule has 4 nitrogen and oxygen atoms in total. The van der Waals surface area contributed by atoms with Gasteiger partial charge in [-0.05, 0) is 105 Å². The van der Waals surface area contributed by atoms with E-state index in [0.717, 1.165) is 43.2 Å². The van der Waals surface area contributed by atoms with Gasteiger partial charge in [-0.15, -0.1) is 0 Å². The molecule has 0 amide bonds. The third-order valence-corrected chi connectivity index (χ3v) is 9.94. The van der Waals surface area contributed by atoms with E-state index in [0.29, 0.717) is 17.3 Å². The van der Waals surface area contributed by atoms with E-state index < -0.39 is 0 Å². The maximum absolute atomic E-state index is 12.0. The van der Waals surface area contributed by atoms with Gasteiger partial charge in [-0.3, -0.25) is 0 Å². The summed E-state index contributed by atoms with van der Waals surface area (Å²) in [5.41, 5.74) is 2.71. The molecule has 1 heterocycles. The molecular formula is C24H31NO3. The molecule has 0 bridgehead atoms. The predicted octanol–water partition coefficient (Wildman–Crippen LogP) is 5.02. The molecule has 3 unspecified atom stereocenters. The maximum atomic E-state index is 12.0. The number of esters is 1. The van der Waals surface area contributed by atoms with Gasteiger partial charge in [0.1, 0.15) is 5.60 Å². The number of fused-ring (bicyclic) bond motifs is 7. The van der Waals surface area contributed by atoms with Crippen LogP contribution in [0.15, 0.2) is 29.0 Å². The van der Waals surface area contributed by atoms with Crippen molar-refractivity contribution in [2.45, 2.75) is 76.7 Å². The highest BCUT2D eigenvalue weighted by atomic mass is 16.6. The van der Waals surface area contributed by atoms with E-state index in [1.165, 1.54) is 38.5 Å². The molecular weight excluding hydrogens is 350 g/mol. The van der Waals surface area contributed by atoms with Crippen molar-refractivity contribution in [1.82, 2.24) is 0 Å². The molecule has 0 aromatic carbocycles. The Morgan fingerprint density at radius 3 is 2.71 bits per heavy atom. The lowest BCUT2D eigenvalue weighted by Gasteiger charge is -2.58. The first-order chi connectivity index (χ1) is 13.6. The van der Waals surface area contributed by atoms with Crippen LogP contribution in [-0.2, 0) is 9.53 Å². The highest BCUT2D eigenvalue weighted by Crippen LogP contribution is 2.73. The van der Waals surface area contributed by atoms with E-state index >= 15 is 0 Å².